The first kappa shape index (κ1) is 16.3. The van der Waals surface area contributed by atoms with Crippen molar-refractivity contribution in [3.05, 3.63) is 58.2 Å². The number of ether oxygens (including phenoxy) is 1. The average molecular weight is 341 g/mol. The van der Waals surface area contributed by atoms with E-state index in [9.17, 15) is 4.79 Å². The average Bonchev–Trinajstić information content (AvgIpc) is 3.23. The lowest BCUT2D eigenvalue weighted by Crippen LogP contribution is -2.27. The summed E-state index contributed by atoms with van der Waals surface area (Å²) in [5.74, 6) is 0.599. The van der Waals surface area contributed by atoms with Crippen LogP contribution in [0.15, 0.2) is 41.9 Å². The van der Waals surface area contributed by atoms with Crippen LogP contribution in [0.25, 0.3) is 11.3 Å². The number of nitrogens with zero attached hydrogens (tertiary/aromatic N) is 1. The van der Waals surface area contributed by atoms with Gasteiger partial charge in [0.05, 0.1) is 23.9 Å². The van der Waals surface area contributed by atoms with Crippen molar-refractivity contribution in [2.75, 3.05) is 7.11 Å². The maximum absolute atomic E-state index is 12.5. The summed E-state index contributed by atoms with van der Waals surface area (Å²) in [6, 6.07) is 9.32. The van der Waals surface area contributed by atoms with Gasteiger partial charge in [0.2, 0.25) is 0 Å². The first-order valence-corrected chi connectivity index (χ1v) is 8.51. The van der Waals surface area contributed by atoms with E-state index in [-0.39, 0.29) is 11.9 Å². The van der Waals surface area contributed by atoms with Gasteiger partial charge in [-0.15, -0.1) is 11.3 Å². The number of aromatic nitrogens is 2. The molecule has 3 rings (SSSR count). The molecular weight excluding hydrogens is 322 g/mol. The SMILES string of the molecule is COc1ccccc1[C@H](C)NC(=O)c1cc(-c2csc(C)n2)c[nH]1. The van der Waals surface area contributed by atoms with Crippen LogP contribution in [-0.2, 0) is 0 Å². The number of hydrogen-bond acceptors (Lipinski definition) is 4. The van der Waals surface area contributed by atoms with E-state index in [1.54, 1.807) is 24.6 Å². The summed E-state index contributed by atoms with van der Waals surface area (Å²) in [5, 5.41) is 5.97. The Labute approximate surface area is 144 Å². The first-order valence-electron chi connectivity index (χ1n) is 7.63. The van der Waals surface area contributed by atoms with E-state index in [1.165, 1.54) is 0 Å². The molecule has 2 N–H and O–H groups in total. The van der Waals surface area contributed by atoms with Gasteiger partial charge >= 0.3 is 0 Å². The number of hydrogen-bond donors (Lipinski definition) is 2. The van der Waals surface area contributed by atoms with E-state index >= 15 is 0 Å². The van der Waals surface area contributed by atoms with Crippen LogP contribution in [0.4, 0.5) is 0 Å². The number of aromatic amines is 1. The van der Waals surface area contributed by atoms with Crippen molar-refractivity contribution in [3.63, 3.8) is 0 Å². The zero-order valence-electron chi connectivity index (χ0n) is 13.8. The van der Waals surface area contributed by atoms with Crippen LogP contribution in [0.3, 0.4) is 0 Å². The third-order valence-corrected chi connectivity index (χ3v) is 4.57. The molecule has 2 heterocycles. The predicted molar refractivity (Wildman–Crippen MR) is 95.5 cm³/mol. The fraction of sp³-hybridized carbons (Fsp3) is 0.222. The molecule has 0 bridgehead atoms. The molecule has 0 aliphatic heterocycles. The number of H-pyrrole nitrogens is 1. The molecule has 1 aromatic carbocycles. The Morgan fingerprint density at radius 1 is 1.38 bits per heavy atom. The normalized spacial score (nSPS) is 12.0. The number of thiazole rings is 1. The zero-order valence-corrected chi connectivity index (χ0v) is 14.6. The zero-order chi connectivity index (χ0) is 17.1. The van der Waals surface area contributed by atoms with Crippen molar-refractivity contribution in [3.8, 4) is 17.0 Å². The summed E-state index contributed by atoms with van der Waals surface area (Å²) in [5.41, 5.74) is 3.24. The first-order chi connectivity index (χ1) is 11.6. The van der Waals surface area contributed by atoms with Gasteiger partial charge in [-0.05, 0) is 26.0 Å². The second kappa shape index (κ2) is 6.88. The Kier molecular flexibility index (Phi) is 4.66. The van der Waals surface area contributed by atoms with Crippen molar-refractivity contribution >= 4 is 17.2 Å². The van der Waals surface area contributed by atoms with Gasteiger partial charge in [0.15, 0.2) is 0 Å². The van der Waals surface area contributed by atoms with E-state index in [0.717, 1.165) is 27.6 Å². The Balaban J connectivity index is 1.74. The third kappa shape index (κ3) is 3.33. The van der Waals surface area contributed by atoms with E-state index in [1.807, 2.05) is 49.6 Å². The molecule has 0 radical (unpaired) electrons. The Bertz CT molecular complexity index is 853. The fourth-order valence-electron chi connectivity index (χ4n) is 2.55. The summed E-state index contributed by atoms with van der Waals surface area (Å²) < 4.78 is 5.35. The lowest BCUT2D eigenvalue weighted by atomic mass is 10.1. The second-order valence-electron chi connectivity index (χ2n) is 5.49. The molecule has 2 aromatic heterocycles. The smallest absolute Gasteiger partial charge is 0.268 e. The molecule has 5 nitrogen and oxygen atoms in total. The summed E-state index contributed by atoms with van der Waals surface area (Å²) >= 11 is 1.59. The van der Waals surface area contributed by atoms with E-state index < -0.39 is 0 Å². The second-order valence-corrected chi connectivity index (χ2v) is 6.55. The molecule has 124 valence electrons. The van der Waals surface area contributed by atoms with E-state index in [2.05, 4.69) is 15.3 Å². The number of methoxy groups -OCH3 is 1. The van der Waals surface area contributed by atoms with Crippen LogP contribution in [0, 0.1) is 6.92 Å². The van der Waals surface area contributed by atoms with Crippen LogP contribution in [-0.4, -0.2) is 23.0 Å². The number of carbonyl (C=O) groups is 1. The van der Waals surface area contributed by atoms with Gasteiger partial charge in [0.25, 0.3) is 5.91 Å². The predicted octanol–water partition coefficient (Wildman–Crippen LogP) is 3.95. The van der Waals surface area contributed by atoms with Gasteiger partial charge in [-0.1, -0.05) is 18.2 Å². The highest BCUT2D eigenvalue weighted by atomic mass is 32.1. The molecular formula is C18H19N3O2S. The summed E-state index contributed by atoms with van der Waals surface area (Å²) in [7, 11) is 1.63. The lowest BCUT2D eigenvalue weighted by Gasteiger charge is -2.16. The number of rotatable bonds is 5. The molecule has 24 heavy (non-hydrogen) atoms. The van der Waals surface area contributed by atoms with Gasteiger partial charge in [-0.25, -0.2) is 4.98 Å². The maximum atomic E-state index is 12.5. The minimum atomic E-state index is -0.165. The van der Waals surface area contributed by atoms with Crippen molar-refractivity contribution in [1.29, 1.82) is 0 Å². The molecule has 6 heteroatoms. The number of benzene rings is 1. The Morgan fingerprint density at radius 3 is 2.88 bits per heavy atom. The highest BCUT2D eigenvalue weighted by Crippen LogP contribution is 2.25. The van der Waals surface area contributed by atoms with Gasteiger partial charge in [-0.3, -0.25) is 4.79 Å². The maximum Gasteiger partial charge on any atom is 0.268 e. The van der Waals surface area contributed by atoms with Gasteiger partial charge in [-0.2, -0.15) is 0 Å². The number of aryl methyl sites for hydroxylation is 1. The molecule has 0 spiro atoms. The summed E-state index contributed by atoms with van der Waals surface area (Å²) in [6.07, 6.45) is 1.80. The molecule has 1 amide bonds. The van der Waals surface area contributed by atoms with Crippen molar-refractivity contribution in [2.24, 2.45) is 0 Å². The minimum absolute atomic E-state index is 0.161. The molecule has 0 unspecified atom stereocenters. The summed E-state index contributed by atoms with van der Waals surface area (Å²) in [6.45, 7) is 3.90. The molecule has 0 aliphatic rings. The van der Waals surface area contributed by atoms with Crippen LogP contribution < -0.4 is 10.1 Å². The van der Waals surface area contributed by atoms with Gasteiger partial charge in [0.1, 0.15) is 11.4 Å². The van der Waals surface area contributed by atoms with Gasteiger partial charge < -0.3 is 15.0 Å². The van der Waals surface area contributed by atoms with Crippen LogP contribution in [0.5, 0.6) is 5.75 Å². The van der Waals surface area contributed by atoms with Crippen molar-refractivity contribution < 1.29 is 9.53 Å². The highest BCUT2D eigenvalue weighted by Gasteiger charge is 2.16. The number of para-hydroxylation sites is 1. The highest BCUT2D eigenvalue weighted by molar-refractivity contribution is 7.09. The van der Waals surface area contributed by atoms with E-state index in [4.69, 9.17) is 4.74 Å². The monoisotopic (exact) mass is 341 g/mol. The molecule has 1 atom stereocenters. The fourth-order valence-corrected chi connectivity index (χ4v) is 3.17. The van der Waals surface area contributed by atoms with Gasteiger partial charge in [0, 0.05) is 22.7 Å². The minimum Gasteiger partial charge on any atom is -0.496 e. The molecule has 0 fully saturated rings. The third-order valence-electron chi connectivity index (χ3n) is 3.80. The van der Waals surface area contributed by atoms with Crippen LogP contribution >= 0.6 is 11.3 Å². The summed E-state index contributed by atoms with van der Waals surface area (Å²) in [4.78, 5) is 19.9. The van der Waals surface area contributed by atoms with Crippen LogP contribution in [0.1, 0.15) is 34.0 Å². The lowest BCUT2D eigenvalue weighted by molar-refractivity contribution is 0.0935. The number of amides is 1. The molecule has 3 aromatic rings. The Hall–Kier alpha value is -2.60. The number of nitrogens with one attached hydrogen (secondary N) is 2. The van der Waals surface area contributed by atoms with Crippen molar-refractivity contribution in [1.82, 2.24) is 15.3 Å². The quantitative estimate of drug-likeness (QED) is 0.738. The number of carbonyl (C=O) groups excluding carboxylic acids is 1. The van der Waals surface area contributed by atoms with Crippen molar-refractivity contribution in [2.45, 2.75) is 19.9 Å². The molecule has 0 saturated heterocycles. The van der Waals surface area contributed by atoms with Crippen LogP contribution in [0.2, 0.25) is 0 Å². The van der Waals surface area contributed by atoms with E-state index in [0.29, 0.717) is 5.69 Å². The Morgan fingerprint density at radius 2 is 2.17 bits per heavy atom. The topological polar surface area (TPSA) is 67.0 Å². The molecule has 0 aliphatic carbocycles. The molecule has 0 saturated carbocycles. The standard InChI is InChI=1S/C18H19N3O2S/c1-11(14-6-4-5-7-17(14)23-3)20-18(22)15-8-13(9-19-15)16-10-24-12(2)21-16/h4-11,19H,1-3H3,(H,20,22)/t11-/m0/s1. The largest absolute Gasteiger partial charge is 0.496 e.